The van der Waals surface area contributed by atoms with Gasteiger partial charge < -0.3 is 15.8 Å². The number of anilines is 2. The molecular formula is C25H26F6N6O. The highest BCUT2D eigenvalue weighted by atomic mass is 19.4. The summed E-state index contributed by atoms with van der Waals surface area (Å²) in [6.07, 6.45) is -2.92. The van der Waals surface area contributed by atoms with Crippen molar-refractivity contribution in [3.05, 3.63) is 35.0 Å². The van der Waals surface area contributed by atoms with Gasteiger partial charge in [0.25, 0.3) is 0 Å². The quantitative estimate of drug-likeness (QED) is 0.326. The molecule has 3 aromatic rings. The maximum atomic E-state index is 15.9. The summed E-state index contributed by atoms with van der Waals surface area (Å²) in [5, 5.41) is 3.08. The van der Waals surface area contributed by atoms with Crippen LogP contribution in [0.1, 0.15) is 37.3 Å². The van der Waals surface area contributed by atoms with Crippen LogP contribution in [0.2, 0.25) is 0 Å². The van der Waals surface area contributed by atoms with Gasteiger partial charge in [0.05, 0.1) is 22.2 Å². The van der Waals surface area contributed by atoms with Gasteiger partial charge in [0.2, 0.25) is 0 Å². The number of fused-ring (bicyclic) bond motifs is 2. The van der Waals surface area contributed by atoms with Crippen LogP contribution >= 0.6 is 0 Å². The number of nitrogen functional groups attached to an aromatic ring is 1. The Hall–Kier alpha value is -3.35. The van der Waals surface area contributed by atoms with E-state index in [1.807, 2.05) is 4.90 Å². The van der Waals surface area contributed by atoms with E-state index >= 15 is 4.39 Å². The van der Waals surface area contributed by atoms with Gasteiger partial charge in [0.15, 0.2) is 5.82 Å². The molecule has 1 unspecified atom stereocenters. The SMILES string of the molecule is CCNc1nc(OC[C@@]23CCCN2CC(F)C3)nc2c(F)c(-c3cc(N)c(F)c(C)c3C(F)(F)F)ncc12. The molecule has 2 aromatic heterocycles. The van der Waals surface area contributed by atoms with Crippen LogP contribution in [-0.2, 0) is 6.18 Å². The lowest BCUT2D eigenvalue weighted by Gasteiger charge is -2.30. The van der Waals surface area contributed by atoms with Crippen molar-refractivity contribution in [2.24, 2.45) is 0 Å². The minimum Gasteiger partial charge on any atom is -0.461 e. The molecule has 2 aliphatic heterocycles. The summed E-state index contributed by atoms with van der Waals surface area (Å²) < 4.78 is 91.9. The lowest BCUT2D eigenvalue weighted by molar-refractivity contribution is -0.137. The number of alkyl halides is 4. The number of benzene rings is 1. The molecule has 2 atom stereocenters. The highest BCUT2D eigenvalue weighted by Gasteiger charge is 2.49. The average Bonchev–Trinajstić information content (AvgIpc) is 3.36. The third-order valence-electron chi connectivity index (χ3n) is 7.30. The molecule has 2 aliphatic rings. The van der Waals surface area contributed by atoms with E-state index < -0.39 is 57.6 Å². The van der Waals surface area contributed by atoms with Crippen molar-refractivity contribution in [3.63, 3.8) is 0 Å². The zero-order valence-corrected chi connectivity index (χ0v) is 20.7. The topological polar surface area (TPSA) is 89.2 Å². The third kappa shape index (κ3) is 4.36. The van der Waals surface area contributed by atoms with E-state index in [0.717, 1.165) is 32.5 Å². The standard InChI is InChI=1S/C25H26F6N6O/c1-3-33-22-15-9-34-20(14-7-16(32)18(27)12(2)17(14)25(29,30)31)19(28)21(15)35-23(36-22)38-11-24-5-4-6-37(24)10-13(26)8-24/h7,9,13H,3-6,8,10-11,32H2,1-2H3,(H,33,35,36)/t13?,24-/m0/s1. The molecule has 0 saturated carbocycles. The number of rotatable bonds is 6. The van der Waals surface area contributed by atoms with Crippen LogP contribution in [0.5, 0.6) is 6.01 Å². The number of halogens is 6. The maximum absolute atomic E-state index is 15.9. The van der Waals surface area contributed by atoms with Crippen LogP contribution in [0, 0.1) is 18.6 Å². The second kappa shape index (κ2) is 9.44. The average molecular weight is 541 g/mol. The van der Waals surface area contributed by atoms with E-state index in [4.69, 9.17) is 10.5 Å². The van der Waals surface area contributed by atoms with Crippen molar-refractivity contribution in [2.75, 3.05) is 37.3 Å². The number of nitrogens with two attached hydrogens (primary N) is 1. The van der Waals surface area contributed by atoms with E-state index in [0.29, 0.717) is 25.6 Å². The first-order chi connectivity index (χ1) is 17.9. The zero-order valence-electron chi connectivity index (χ0n) is 20.7. The number of aromatic nitrogens is 3. The van der Waals surface area contributed by atoms with Gasteiger partial charge in [-0.05, 0) is 44.9 Å². The lowest BCUT2D eigenvalue weighted by atomic mass is 9.95. The van der Waals surface area contributed by atoms with Crippen LogP contribution in [0.15, 0.2) is 12.3 Å². The third-order valence-corrected chi connectivity index (χ3v) is 7.30. The predicted molar refractivity (Wildman–Crippen MR) is 130 cm³/mol. The van der Waals surface area contributed by atoms with Gasteiger partial charge in [-0.3, -0.25) is 9.88 Å². The fraction of sp³-hybridized carbons (Fsp3) is 0.480. The molecule has 0 bridgehead atoms. The summed E-state index contributed by atoms with van der Waals surface area (Å²) in [4.78, 5) is 14.4. The Morgan fingerprint density at radius 2 is 2.00 bits per heavy atom. The molecule has 1 aromatic carbocycles. The predicted octanol–water partition coefficient (Wildman–Crippen LogP) is 5.27. The summed E-state index contributed by atoms with van der Waals surface area (Å²) in [6, 6.07) is 0.506. The zero-order chi connectivity index (χ0) is 27.4. The highest BCUT2D eigenvalue weighted by Crippen LogP contribution is 2.43. The Kier molecular flexibility index (Phi) is 6.52. The summed E-state index contributed by atoms with van der Waals surface area (Å²) >= 11 is 0. The number of ether oxygens (including phenoxy) is 1. The Morgan fingerprint density at radius 1 is 1.24 bits per heavy atom. The van der Waals surface area contributed by atoms with E-state index in [9.17, 15) is 22.0 Å². The molecule has 38 heavy (non-hydrogen) atoms. The lowest BCUT2D eigenvalue weighted by Crippen LogP contribution is -2.43. The molecule has 0 amide bonds. The molecule has 0 radical (unpaired) electrons. The minimum atomic E-state index is -5.01. The fourth-order valence-corrected chi connectivity index (χ4v) is 5.61. The summed E-state index contributed by atoms with van der Waals surface area (Å²) in [7, 11) is 0. The normalized spacial score (nSPS) is 21.7. The molecular weight excluding hydrogens is 514 g/mol. The molecule has 204 valence electrons. The minimum absolute atomic E-state index is 0.0793. The molecule has 13 heteroatoms. The Labute approximate surface area is 214 Å². The summed E-state index contributed by atoms with van der Waals surface area (Å²) in [6.45, 7) is 4.23. The second-order valence-electron chi connectivity index (χ2n) is 9.76. The van der Waals surface area contributed by atoms with Crippen LogP contribution in [-0.4, -0.2) is 57.8 Å². The molecule has 0 aliphatic carbocycles. The molecule has 7 nitrogen and oxygen atoms in total. The van der Waals surface area contributed by atoms with E-state index in [1.165, 1.54) is 0 Å². The Balaban J connectivity index is 1.61. The van der Waals surface area contributed by atoms with Gasteiger partial charge in [0.1, 0.15) is 35.6 Å². The first-order valence-electron chi connectivity index (χ1n) is 12.2. The number of nitrogens with one attached hydrogen (secondary N) is 1. The van der Waals surface area contributed by atoms with E-state index in [2.05, 4.69) is 20.3 Å². The first-order valence-corrected chi connectivity index (χ1v) is 12.2. The van der Waals surface area contributed by atoms with E-state index in [1.54, 1.807) is 6.92 Å². The van der Waals surface area contributed by atoms with Crippen molar-refractivity contribution in [1.82, 2.24) is 19.9 Å². The monoisotopic (exact) mass is 540 g/mol. The van der Waals surface area contributed by atoms with Gasteiger partial charge in [-0.1, -0.05) is 0 Å². The Bertz CT molecular complexity index is 1400. The van der Waals surface area contributed by atoms with Crippen LogP contribution in [0.25, 0.3) is 22.2 Å². The van der Waals surface area contributed by atoms with Crippen LogP contribution in [0.3, 0.4) is 0 Å². The van der Waals surface area contributed by atoms with Crippen LogP contribution < -0.4 is 15.8 Å². The molecule has 0 spiro atoms. The fourth-order valence-electron chi connectivity index (χ4n) is 5.61. The van der Waals surface area contributed by atoms with Crippen molar-refractivity contribution in [2.45, 2.75) is 51.0 Å². The highest BCUT2D eigenvalue weighted by molar-refractivity contribution is 5.92. The first kappa shape index (κ1) is 26.3. The smallest absolute Gasteiger partial charge is 0.417 e. The van der Waals surface area contributed by atoms with E-state index in [-0.39, 0.29) is 29.3 Å². The summed E-state index contributed by atoms with van der Waals surface area (Å²) in [5.74, 6) is -2.24. The maximum Gasteiger partial charge on any atom is 0.417 e. The van der Waals surface area contributed by atoms with Gasteiger partial charge in [0, 0.05) is 31.3 Å². The van der Waals surface area contributed by atoms with Crippen molar-refractivity contribution in [1.29, 1.82) is 0 Å². The van der Waals surface area contributed by atoms with Crippen LogP contribution in [0.4, 0.5) is 37.8 Å². The van der Waals surface area contributed by atoms with Crippen molar-refractivity contribution in [3.8, 4) is 17.3 Å². The molecule has 2 saturated heterocycles. The second-order valence-corrected chi connectivity index (χ2v) is 9.76. The molecule has 3 N–H and O–H groups in total. The number of nitrogens with zero attached hydrogens (tertiary/aromatic N) is 4. The largest absolute Gasteiger partial charge is 0.461 e. The van der Waals surface area contributed by atoms with Crippen molar-refractivity contribution >= 4 is 22.4 Å². The number of hydrogen-bond acceptors (Lipinski definition) is 7. The molecule has 4 heterocycles. The number of hydrogen-bond donors (Lipinski definition) is 2. The number of pyridine rings is 1. The van der Waals surface area contributed by atoms with Gasteiger partial charge in [-0.25, -0.2) is 13.2 Å². The molecule has 2 fully saturated rings. The molecule has 5 rings (SSSR count). The van der Waals surface area contributed by atoms with Gasteiger partial charge >= 0.3 is 12.2 Å². The van der Waals surface area contributed by atoms with Gasteiger partial charge in [-0.15, -0.1) is 0 Å². The summed E-state index contributed by atoms with van der Waals surface area (Å²) in [5.41, 5.74) is 0.629. The Morgan fingerprint density at radius 3 is 2.71 bits per heavy atom. The van der Waals surface area contributed by atoms with Crippen molar-refractivity contribution < 1.29 is 31.1 Å². The van der Waals surface area contributed by atoms with Gasteiger partial charge in [-0.2, -0.15) is 23.1 Å².